The molecular weight excluding hydrogens is 146 g/mol. The summed E-state index contributed by atoms with van der Waals surface area (Å²) in [4.78, 5) is 0. The molecule has 1 aromatic carbocycles. The van der Waals surface area contributed by atoms with Crippen LogP contribution in [0.15, 0.2) is 49.2 Å². The number of rotatable bonds is 3. The summed E-state index contributed by atoms with van der Waals surface area (Å²) in [5, 5.41) is 3.15. The van der Waals surface area contributed by atoms with Crippen LogP contribution in [0.5, 0.6) is 0 Å². The van der Waals surface area contributed by atoms with Crippen molar-refractivity contribution in [2.24, 2.45) is 0 Å². The molecule has 0 saturated heterocycles. The molecule has 62 valence electrons. The molecule has 1 nitrogen and oxygen atoms in total. The Morgan fingerprint density at radius 1 is 1.42 bits per heavy atom. The van der Waals surface area contributed by atoms with Crippen molar-refractivity contribution in [3.05, 3.63) is 54.8 Å². The van der Waals surface area contributed by atoms with E-state index in [-0.39, 0.29) is 0 Å². The van der Waals surface area contributed by atoms with Crippen LogP contribution in [0.3, 0.4) is 0 Å². The Morgan fingerprint density at radius 2 is 2.08 bits per heavy atom. The summed E-state index contributed by atoms with van der Waals surface area (Å²) in [5.74, 6) is 0. The molecule has 0 bridgehead atoms. The molecule has 0 aliphatic rings. The van der Waals surface area contributed by atoms with E-state index in [1.165, 1.54) is 5.56 Å². The molecule has 0 aliphatic carbocycles. The average molecular weight is 159 g/mol. The smallest absolute Gasteiger partial charge is 0.0413 e. The zero-order chi connectivity index (χ0) is 8.97. The van der Waals surface area contributed by atoms with Gasteiger partial charge in [-0.15, -0.1) is 0 Å². The fourth-order valence-corrected chi connectivity index (χ4v) is 0.937. The molecule has 0 saturated carbocycles. The molecule has 0 atom stereocenters. The molecule has 0 aliphatic heterocycles. The van der Waals surface area contributed by atoms with Crippen LogP contribution in [0.1, 0.15) is 5.56 Å². The third-order valence-corrected chi connectivity index (χ3v) is 1.69. The van der Waals surface area contributed by atoms with Gasteiger partial charge in [-0.05, 0) is 24.6 Å². The van der Waals surface area contributed by atoms with Crippen molar-refractivity contribution in [1.82, 2.24) is 0 Å². The first-order valence-electron chi connectivity index (χ1n) is 3.88. The lowest BCUT2D eigenvalue weighted by atomic mass is 10.2. The number of allylic oxidation sites excluding steroid dienone is 1. The summed E-state index contributed by atoms with van der Waals surface area (Å²) in [7, 11) is 0. The molecule has 0 heterocycles. The summed E-state index contributed by atoms with van der Waals surface area (Å²) in [6.07, 6.45) is 1.70. The van der Waals surface area contributed by atoms with E-state index in [4.69, 9.17) is 0 Å². The maximum absolute atomic E-state index is 3.78. The lowest BCUT2D eigenvalue weighted by Gasteiger charge is -2.07. The summed E-state index contributed by atoms with van der Waals surface area (Å²) >= 11 is 0. The van der Waals surface area contributed by atoms with Gasteiger partial charge >= 0.3 is 0 Å². The van der Waals surface area contributed by atoms with Crippen LogP contribution in [-0.4, -0.2) is 0 Å². The van der Waals surface area contributed by atoms with Gasteiger partial charge in [0, 0.05) is 11.4 Å². The fraction of sp³-hybridized carbons (Fsp3) is 0.0909. The van der Waals surface area contributed by atoms with E-state index in [1.54, 1.807) is 6.08 Å². The van der Waals surface area contributed by atoms with Gasteiger partial charge in [-0.3, -0.25) is 0 Å². The minimum atomic E-state index is 0.823. The lowest BCUT2D eigenvalue weighted by Crippen LogP contribution is -1.96. The van der Waals surface area contributed by atoms with Crippen molar-refractivity contribution in [3.8, 4) is 0 Å². The monoisotopic (exact) mass is 159 g/mol. The molecule has 1 rings (SSSR count). The largest absolute Gasteiger partial charge is 0.356 e. The molecule has 0 fully saturated rings. The van der Waals surface area contributed by atoms with Crippen LogP contribution < -0.4 is 5.32 Å². The van der Waals surface area contributed by atoms with E-state index in [2.05, 4.69) is 31.5 Å². The molecule has 0 radical (unpaired) electrons. The Hall–Kier alpha value is -1.50. The Kier molecular flexibility index (Phi) is 2.70. The number of benzene rings is 1. The van der Waals surface area contributed by atoms with Crippen molar-refractivity contribution in [3.63, 3.8) is 0 Å². The molecular formula is C11H13N. The van der Waals surface area contributed by atoms with Crippen molar-refractivity contribution < 1.29 is 0 Å². The SMILES string of the molecule is C=CC(=C)Nc1ccccc1C. The van der Waals surface area contributed by atoms with E-state index in [0.29, 0.717) is 0 Å². The first-order chi connectivity index (χ1) is 5.74. The molecule has 0 unspecified atom stereocenters. The van der Waals surface area contributed by atoms with E-state index in [9.17, 15) is 0 Å². The highest BCUT2D eigenvalue weighted by Crippen LogP contribution is 2.14. The van der Waals surface area contributed by atoms with Gasteiger partial charge in [0.15, 0.2) is 0 Å². The van der Waals surface area contributed by atoms with Gasteiger partial charge in [-0.25, -0.2) is 0 Å². The van der Waals surface area contributed by atoms with Crippen molar-refractivity contribution in [2.45, 2.75) is 6.92 Å². The Bertz CT molecular complexity index is 300. The van der Waals surface area contributed by atoms with E-state index in [1.807, 2.05) is 18.2 Å². The second-order valence-electron chi connectivity index (χ2n) is 2.67. The second-order valence-corrected chi connectivity index (χ2v) is 2.67. The normalized spacial score (nSPS) is 9.08. The molecule has 1 aromatic rings. The lowest BCUT2D eigenvalue weighted by molar-refractivity contribution is 1.41. The first kappa shape index (κ1) is 8.60. The van der Waals surface area contributed by atoms with Crippen molar-refractivity contribution >= 4 is 5.69 Å². The highest BCUT2D eigenvalue weighted by Gasteiger charge is 1.94. The molecule has 0 amide bonds. The molecule has 1 N–H and O–H groups in total. The van der Waals surface area contributed by atoms with Crippen LogP contribution in [0.4, 0.5) is 5.69 Å². The minimum absolute atomic E-state index is 0.823. The van der Waals surface area contributed by atoms with Crippen molar-refractivity contribution in [1.29, 1.82) is 0 Å². The van der Waals surface area contributed by atoms with E-state index < -0.39 is 0 Å². The number of anilines is 1. The van der Waals surface area contributed by atoms with Gasteiger partial charge in [0.05, 0.1) is 0 Å². The maximum Gasteiger partial charge on any atom is 0.0413 e. The topological polar surface area (TPSA) is 12.0 Å². The zero-order valence-electron chi connectivity index (χ0n) is 7.30. The Balaban J connectivity index is 2.82. The second kappa shape index (κ2) is 3.77. The van der Waals surface area contributed by atoms with E-state index >= 15 is 0 Å². The first-order valence-corrected chi connectivity index (χ1v) is 3.88. The van der Waals surface area contributed by atoms with Crippen LogP contribution >= 0.6 is 0 Å². The van der Waals surface area contributed by atoms with Crippen LogP contribution in [0.25, 0.3) is 0 Å². The Morgan fingerprint density at radius 3 is 2.67 bits per heavy atom. The number of para-hydroxylation sites is 1. The van der Waals surface area contributed by atoms with Crippen LogP contribution in [0.2, 0.25) is 0 Å². The molecule has 0 spiro atoms. The number of hydrogen-bond donors (Lipinski definition) is 1. The zero-order valence-corrected chi connectivity index (χ0v) is 7.30. The minimum Gasteiger partial charge on any atom is -0.356 e. The molecule has 0 aromatic heterocycles. The Labute approximate surface area is 73.4 Å². The van der Waals surface area contributed by atoms with Crippen LogP contribution in [0, 0.1) is 6.92 Å². The van der Waals surface area contributed by atoms with Crippen LogP contribution in [-0.2, 0) is 0 Å². The number of aryl methyl sites for hydroxylation is 1. The average Bonchev–Trinajstić information content (AvgIpc) is 2.09. The predicted molar refractivity (Wildman–Crippen MR) is 54.1 cm³/mol. The van der Waals surface area contributed by atoms with Gasteiger partial charge in [0.1, 0.15) is 0 Å². The summed E-state index contributed by atoms with van der Waals surface area (Å²) in [6, 6.07) is 8.08. The quantitative estimate of drug-likeness (QED) is 0.668. The molecule has 12 heavy (non-hydrogen) atoms. The van der Waals surface area contributed by atoms with Gasteiger partial charge in [0.2, 0.25) is 0 Å². The number of nitrogens with one attached hydrogen (secondary N) is 1. The van der Waals surface area contributed by atoms with Crippen molar-refractivity contribution in [2.75, 3.05) is 5.32 Å². The highest BCUT2D eigenvalue weighted by atomic mass is 14.9. The van der Waals surface area contributed by atoms with Gasteiger partial charge in [-0.1, -0.05) is 31.4 Å². The standard InChI is InChI=1S/C11H13N/c1-4-10(3)12-11-8-6-5-7-9(11)2/h4-8,12H,1,3H2,2H3. The predicted octanol–water partition coefficient (Wildman–Crippen LogP) is 3.11. The highest BCUT2D eigenvalue weighted by molar-refractivity contribution is 5.55. The van der Waals surface area contributed by atoms with Gasteiger partial charge in [-0.2, -0.15) is 0 Å². The van der Waals surface area contributed by atoms with E-state index in [0.717, 1.165) is 11.4 Å². The molecule has 1 heteroatoms. The maximum atomic E-state index is 3.78. The van der Waals surface area contributed by atoms with Gasteiger partial charge in [0.25, 0.3) is 0 Å². The van der Waals surface area contributed by atoms with Gasteiger partial charge < -0.3 is 5.32 Å². The third-order valence-electron chi connectivity index (χ3n) is 1.69. The summed E-state index contributed by atoms with van der Waals surface area (Å²) in [6.45, 7) is 9.46. The number of hydrogen-bond acceptors (Lipinski definition) is 1. The summed E-state index contributed by atoms with van der Waals surface area (Å²) in [5.41, 5.74) is 3.12. The third kappa shape index (κ3) is 1.99. The fourth-order valence-electron chi connectivity index (χ4n) is 0.937. The summed E-state index contributed by atoms with van der Waals surface area (Å²) < 4.78 is 0.